The van der Waals surface area contributed by atoms with E-state index in [1.807, 2.05) is 6.07 Å². The number of rotatable bonds is 6. The van der Waals surface area contributed by atoms with Crippen molar-refractivity contribution in [3.8, 4) is 22.6 Å². The monoisotopic (exact) mass is 460 g/mol. The van der Waals surface area contributed by atoms with E-state index < -0.39 is 23.6 Å². The molecule has 7 nitrogen and oxygen atoms in total. The highest BCUT2D eigenvalue weighted by atomic mass is 19.1. The van der Waals surface area contributed by atoms with Crippen molar-refractivity contribution in [2.24, 2.45) is 0 Å². The van der Waals surface area contributed by atoms with Gasteiger partial charge in [0.15, 0.2) is 11.6 Å². The number of carbonyl (C=O) groups is 2. The number of imide groups is 1. The number of benzene rings is 2. The number of amides is 3. The first kappa shape index (κ1) is 22.5. The van der Waals surface area contributed by atoms with Crippen molar-refractivity contribution in [1.82, 2.24) is 15.3 Å². The van der Waals surface area contributed by atoms with Crippen molar-refractivity contribution < 1.29 is 23.1 Å². The van der Waals surface area contributed by atoms with Crippen LogP contribution in [0.15, 0.2) is 85.5 Å². The Balaban J connectivity index is 1.39. The largest absolute Gasteiger partial charge is 0.454 e. The number of hydrogen-bond donors (Lipinski definition) is 2. The molecule has 0 atom stereocenters. The van der Waals surface area contributed by atoms with Gasteiger partial charge in [0.05, 0.1) is 6.42 Å². The Morgan fingerprint density at radius 3 is 2.41 bits per heavy atom. The first-order valence-electron chi connectivity index (χ1n) is 10.1. The quantitative estimate of drug-likeness (QED) is 0.417. The molecule has 4 rings (SSSR count). The van der Waals surface area contributed by atoms with Gasteiger partial charge in [0.25, 0.3) is 0 Å². The van der Waals surface area contributed by atoms with Gasteiger partial charge < -0.3 is 10.1 Å². The van der Waals surface area contributed by atoms with Gasteiger partial charge >= 0.3 is 6.03 Å². The molecule has 170 valence electrons. The Hall–Kier alpha value is -4.66. The average Bonchev–Trinajstić information content (AvgIpc) is 2.83. The molecule has 3 amide bonds. The van der Waals surface area contributed by atoms with Gasteiger partial charge in [-0.15, -0.1) is 0 Å². The molecule has 0 unspecified atom stereocenters. The third-order valence-corrected chi connectivity index (χ3v) is 4.69. The molecule has 0 spiro atoms. The standard InChI is InChI=1S/C25H18F2N4O3/c26-18-5-3-16(4-6-18)12-24(32)31-25(33)30-19-7-8-23(21(27)13-19)34-22-9-11-29-15-20(22)17-2-1-10-28-14-17/h1-11,13-15H,12H2,(H2,30,31,32,33). The van der Waals surface area contributed by atoms with Gasteiger partial charge in [-0.05, 0) is 42.0 Å². The first-order valence-corrected chi connectivity index (χ1v) is 10.1. The predicted molar refractivity (Wildman–Crippen MR) is 121 cm³/mol. The summed E-state index contributed by atoms with van der Waals surface area (Å²) in [5.41, 5.74) is 2.06. The van der Waals surface area contributed by atoms with Crippen LogP contribution in [0.5, 0.6) is 11.5 Å². The molecule has 0 saturated heterocycles. The van der Waals surface area contributed by atoms with E-state index in [9.17, 15) is 18.4 Å². The van der Waals surface area contributed by atoms with E-state index in [-0.39, 0.29) is 17.9 Å². The molecule has 0 aliphatic rings. The van der Waals surface area contributed by atoms with E-state index in [0.717, 1.165) is 11.6 Å². The van der Waals surface area contributed by atoms with E-state index in [1.54, 1.807) is 30.7 Å². The number of nitrogens with one attached hydrogen (secondary N) is 2. The lowest BCUT2D eigenvalue weighted by Crippen LogP contribution is -2.35. The number of urea groups is 1. The zero-order valence-electron chi connectivity index (χ0n) is 17.7. The van der Waals surface area contributed by atoms with Gasteiger partial charge in [0.1, 0.15) is 11.6 Å². The van der Waals surface area contributed by atoms with Gasteiger partial charge in [0.2, 0.25) is 5.91 Å². The van der Waals surface area contributed by atoms with Crippen LogP contribution in [0.1, 0.15) is 5.56 Å². The minimum atomic E-state index is -0.826. The van der Waals surface area contributed by atoms with Crippen LogP contribution in [0.25, 0.3) is 11.1 Å². The van der Waals surface area contributed by atoms with Crippen molar-refractivity contribution in [1.29, 1.82) is 0 Å². The number of pyridine rings is 2. The number of hydrogen-bond acceptors (Lipinski definition) is 5. The maximum atomic E-state index is 14.7. The van der Waals surface area contributed by atoms with Crippen LogP contribution in [0.4, 0.5) is 19.3 Å². The Kier molecular flexibility index (Phi) is 6.83. The molecule has 4 aromatic rings. The first-order chi connectivity index (χ1) is 16.5. The number of carbonyl (C=O) groups excluding carboxylic acids is 2. The van der Waals surface area contributed by atoms with E-state index in [1.165, 1.54) is 42.6 Å². The molecule has 2 aromatic heterocycles. The third-order valence-electron chi connectivity index (χ3n) is 4.69. The molecule has 9 heteroatoms. The molecule has 2 heterocycles. The highest BCUT2D eigenvalue weighted by Crippen LogP contribution is 2.33. The Morgan fingerprint density at radius 2 is 1.68 bits per heavy atom. The maximum absolute atomic E-state index is 14.7. The molecule has 0 aliphatic heterocycles. The number of halogens is 2. The average molecular weight is 460 g/mol. The summed E-state index contributed by atoms with van der Waals surface area (Å²) in [6, 6.07) is 13.6. The topological polar surface area (TPSA) is 93.2 Å². The fraction of sp³-hybridized carbons (Fsp3) is 0.0400. The zero-order valence-corrected chi connectivity index (χ0v) is 17.7. The normalized spacial score (nSPS) is 10.4. The second-order valence-corrected chi connectivity index (χ2v) is 7.17. The van der Waals surface area contributed by atoms with Crippen LogP contribution < -0.4 is 15.4 Å². The number of nitrogens with zero attached hydrogens (tertiary/aromatic N) is 2. The summed E-state index contributed by atoms with van der Waals surface area (Å²) in [6.45, 7) is 0. The second-order valence-electron chi connectivity index (χ2n) is 7.17. The summed E-state index contributed by atoms with van der Waals surface area (Å²) in [5, 5.41) is 4.53. The van der Waals surface area contributed by atoms with Crippen molar-refractivity contribution in [2.75, 3.05) is 5.32 Å². The summed E-state index contributed by atoms with van der Waals surface area (Å²) >= 11 is 0. The summed E-state index contributed by atoms with van der Waals surface area (Å²) in [5.74, 6) is -1.41. The lowest BCUT2D eigenvalue weighted by molar-refractivity contribution is -0.119. The summed E-state index contributed by atoms with van der Waals surface area (Å²) in [7, 11) is 0. The smallest absolute Gasteiger partial charge is 0.325 e. The van der Waals surface area contributed by atoms with Gasteiger partial charge in [0, 0.05) is 47.7 Å². The van der Waals surface area contributed by atoms with Crippen molar-refractivity contribution in [3.63, 3.8) is 0 Å². The van der Waals surface area contributed by atoms with Crippen molar-refractivity contribution >= 4 is 17.6 Å². The van der Waals surface area contributed by atoms with E-state index >= 15 is 0 Å². The molecule has 0 saturated carbocycles. The van der Waals surface area contributed by atoms with Crippen LogP contribution >= 0.6 is 0 Å². The van der Waals surface area contributed by atoms with Gasteiger partial charge in [-0.25, -0.2) is 13.6 Å². The molecule has 0 fully saturated rings. The molecule has 34 heavy (non-hydrogen) atoms. The number of aromatic nitrogens is 2. The Morgan fingerprint density at radius 1 is 0.882 bits per heavy atom. The third kappa shape index (κ3) is 5.77. The van der Waals surface area contributed by atoms with Crippen molar-refractivity contribution in [2.45, 2.75) is 6.42 Å². The molecule has 0 radical (unpaired) electrons. The minimum absolute atomic E-state index is 0.0605. The molecular weight excluding hydrogens is 442 g/mol. The van der Waals surface area contributed by atoms with Crippen molar-refractivity contribution in [3.05, 3.63) is 103 Å². The molecule has 2 N–H and O–H groups in total. The number of anilines is 1. The Bertz CT molecular complexity index is 1320. The lowest BCUT2D eigenvalue weighted by Gasteiger charge is -2.12. The van der Waals surface area contributed by atoms with E-state index in [4.69, 9.17) is 4.74 Å². The maximum Gasteiger partial charge on any atom is 0.325 e. The van der Waals surface area contributed by atoms with Crippen LogP contribution in [0.3, 0.4) is 0 Å². The molecule has 0 aliphatic carbocycles. The van der Waals surface area contributed by atoms with E-state index in [0.29, 0.717) is 16.9 Å². The SMILES string of the molecule is O=C(Cc1ccc(F)cc1)NC(=O)Nc1ccc(Oc2ccncc2-c2cccnc2)c(F)c1. The van der Waals surface area contributed by atoms with Gasteiger partial charge in [-0.3, -0.25) is 20.1 Å². The fourth-order valence-electron chi connectivity index (χ4n) is 3.11. The number of ether oxygens (including phenoxy) is 1. The molecule has 2 aromatic carbocycles. The lowest BCUT2D eigenvalue weighted by atomic mass is 10.1. The minimum Gasteiger partial charge on any atom is -0.454 e. The molecule has 0 bridgehead atoms. The Labute approximate surface area is 193 Å². The second kappa shape index (κ2) is 10.3. The summed E-state index contributed by atoms with van der Waals surface area (Å²) in [6.07, 6.45) is 6.28. The highest BCUT2D eigenvalue weighted by molar-refractivity contribution is 6.01. The summed E-state index contributed by atoms with van der Waals surface area (Å²) in [4.78, 5) is 32.2. The summed E-state index contributed by atoms with van der Waals surface area (Å²) < 4.78 is 33.4. The van der Waals surface area contributed by atoms with Crippen LogP contribution in [0.2, 0.25) is 0 Å². The van der Waals surface area contributed by atoms with Crippen LogP contribution in [-0.4, -0.2) is 21.9 Å². The van der Waals surface area contributed by atoms with Gasteiger partial charge in [-0.1, -0.05) is 18.2 Å². The molecular formula is C25H18F2N4O3. The fourth-order valence-corrected chi connectivity index (χ4v) is 3.11. The van der Waals surface area contributed by atoms with Gasteiger partial charge in [-0.2, -0.15) is 0 Å². The zero-order chi connectivity index (χ0) is 23.9. The van der Waals surface area contributed by atoms with E-state index in [2.05, 4.69) is 20.6 Å². The highest BCUT2D eigenvalue weighted by Gasteiger charge is 2.13. The predicted octanol–water partition coefficient (Wildman–Crippen LogP) is 5.10. The van der Waals surface area contributed by atoms with Crippen LogP contribution in [0, 0.1) is 11.6 Å². The van der Waals surface area contributed by atoms with Crippen LogP contribution in [-0.2, 0) is 11.2 Å².